The van der Waals surface area contributed by atoms with Crippen LogP contribution >= 0.6 is 0 Å². The maximum Gasteiger partial charge on any atom is 0.225 e. The first kappa shape index (κ1) is 21.6. The molecule has 31 heavy (non-hydrogen) atoms. The molecular formula is C26H32FN3O. The molecule has 1 fully saturated rings. The number of hydrogen-bond acceptors (Lipinski definition) is 2. The van der Waals surface area contributed by atoms with E-state index in [1.54, 1.807) is 0 Å². The molecule has 1 aliphatic heterocycles. The molecule has 3 aromatic rings. The minimum atomic E-state index is -0.263. The van der Waals surface area contributed by atoms with E-state index in [1.165, 1.54) is 28.6 Å². The Morgan fingerprint density at radius 1 is 1.10 bits per heavy atom. The number of primary amides is 1. The minimum absolute atomic E-state index is 0.169. The first-order chi connectivity index (χ1) is 14.9. The van der Waals surface area contributed by atoms with Gasteiger partial charge in [0.15, 0.2) is 0 Å². The molecule has 1 unspecified atom stereocenters. The van der Waals surface area contributed by atoms with Crippen molar-refractivity contribution in [3.05, 3.63) is 71.7 Å². The van der Waals surface area contributed by atoms with Crippen LogP contribution in [0.4, 0.5) is 4.39 Å². The summed E-state index contributed by atoms with van der Waals surface area (Å²) in [4.78, 5) is 14.5. The third-order valence-electron chi connectivity index (χ3n) is 6.66. The van der Waals surface area contributed by atoms with Crippen LogP contribution in [0.15, 0.2) is 54.7 Å². The topological polar surface area (TPSA) is 51.3 Å². The average molecular weight is 422 g/mol. The summed E-state index contributed by atoms with van der Waals surface area (Å²) in [5.41, 5.74) is 9.07. The van der Waals surface area contributed by atoms with Crippen LogP contribution < -0.4 is 5.73 Å². The standard InChI is InChI=1S/C26H32FN3O/c1-18(2)25(26(28)31)21-6-5-20-10-16-30(24(20)17-21)23-11-14-29(15-12-23)13-9-19-3-7-22(27)8-4-19/h3-8,10,16-18,23,25H,9,11-15H2,1-2H3,(H2,28,31). The van der Waals surface area contributed by atoms with Crippen molar-refractivity contribution in [2.24, 2.45) is 11.7 Å². The lowest BCUT2D eigenvalue weighted by Crippen LogP contribution is -2.35. The Morgan fingerprint density at radius 2 is 1.81 bits per heavy atom. The number of piperidine rings is 1. The number of nitrogens with two attached hydrogens (primary N) is 1. The van der Waals surface area contributed by atoms with Crippen LogP contribution in [0.2, 0.25) is 0 Å². The third kappa shape index (κ3) is 4.82. The van der Waals surface area contributed by atoms with Gasteiger partial charge in [0, 0.05) is 37.4 Å². The second kappa shape index (κ2) is 9.23. The molecule has 1 aliphatic rings. The monoisotopic (exact) mass is 421 g/mol. The zero-order chi connectivity index (χ0) is 22.0. The predicted octanol–water partition coefficient (Wildman–Crippen LogP) is 4.88. The molecule has 1 amide bonds. The summed E-state index contributed by atoms with van der Waals surface area (Å²) in [6.07, 6.45) is 5.33. The van der Waals surface area contributed by atoms with Gasteiger partial charge in [-0.1, -0.05) is 38.1 Å². The number of fused-ring (bicyclic) bond motifs is 1. The van der Waals surface area contributed by atoms with Crippen LogP contribution in [0.5, 0.6) is 0 Å². The molecule has 1 aromatic heterocycles. The number of carbonyl (C=O) groups is 1. The Bertz CT molecular complexity index is 1030. The summed E-state index contributed by atoms with van der Waals surface area (Å²) in [6.45, 7) is 7.20. The summed E-state index contributed by atoms with van der Waals surface area (Å²) in [5, 5.41) is 1.20. The van der Waals surface area contributed by atoms with E-state index < -0.39 is 0 Å². The number of rotatable bonds is 7. The van der Waals surface area contributed by atoms with E-state index in [4.69, 9.17) is 5.73 Å². The Balaban J connectivity index is 1.43. The van der Waals surface area contributed by atoms with E-state index in [2.05, 4.69) is 33.9 Å². The van der Waals surface area contributed by atoms with Crippen LogP contribution in [-0.2, 0) is 11.2 Å². The number of likely N-dealkylation sites (tertiary alicyclic amines) is 1. The van der Waals surface area contributed by atoms with Crippen molar-refractivity contribution in [3.8, 4) is 0 Å². The number of amides is 1. The van der Waals surface area contributed by atoms with E-state index in [-0.39, 0.29) is 23.6 Å². The van der Waals surface area contributed by atoms with Gasteiger partial charge in [0.1, 0.15) is 5.82 Å². The Hall–Kier alpha value is -2.66. The molecule has 2 aromatic carbocycles. The highest BCUT2D eigenvalue weighted by Crippen LogP contribution is 2.32. The average Bonchev–Trinajstić information content (AvgIpc) is 3.16. The molecule has 4 rings (SSSR count). The van der Waals surface area contributed by atoms with Crippen LogP contribution in [0.25, 0.3) is 10.9 Å². The lowest BCUT2D eigenvalue weighted by atomic mass is 9.87. The molecule has 2 heterocycles. The number of benzene rings is 2. The quantitative estimate of drug-likeness (QED) is 0.591. The summed E-state index contributed by atoms with van der Waals surface area (Å²) in [6, 6.07) is 15.8. The summed E-state index contributed by atoms with van der Waals surface area (Å²) in [7, 11) is 0. The minimum Gasteiger partial charge on any atom is -0.369 e. The fourth-order valence-corrected chi connectivity index (χ4v) is 4.92. The van der Waals surface area contributed by atoms with Gasteiger partial charge in [-0.25, -0.2) is 4.39 Å². The second-order valence-corrected chi connectivity index (χ2v) is 9.11. The van der Waals surface area contributed by atoms with Crippen molar-refractivity contribution < 1.29 is 9.18 Å². The van der Waals surface area contributed by atoms with E-state index in [9.17, 15) is 9.18 Å². The molecule has 0 radical (unpaired) electrons. The normalized spacial score (nSPS) is 16.8. The van der Waals surface area contributed by atoms with Crippen molar-refractivity contribution in [1.29, 1.82) is 0 Å². The lowest BCUT2D eigenvalue weighted by molar-refractivity contribution is -0.120. The van der Waals surface area contributed by atoms with Crippen molar-refractivity contribution in [1.82, 2.24) is 9.47 Å². The van der Waals surface area contributed by atoms with E-state index >= 15 is 0 Å². The molecule has 0 bridgehead atoms. The molecule has 0 aliphatic carbocycles. The Morgan fingerprint density at radius 3 is 2.45 bits per heavy atom. The lowest BCUT2D eigenvalue weighted by Gasteiger charge is -2.33. The molecule has 5 heteroatoms. The van der Waals surface area contributed by atoms with Gasteiger partial charge >= 0.3 is 0 Å². The van der Waals surface area contributed by atoms with Crippen molar-refractivity contribution in [2.75, 3.05) is 19.6 Å². The molecule has 1 atom stereocenters. The Labute approximate surface area is 183 Å². The number of aromatic nitrogens is 1. The zero-order valence-corrected chi connectivity index (χ0v) is 18.4. The van der Waals surface area contributed by atoms with Gasteiger partial charge in [-0.2, -0.15) is 0 Å². The first-order valence-corrected chi connectivity index (χ1v) is 11.3. The fourth-order valence-electron chi connectivity index (χ4n) is 4.92. The summed E-state index contributed by atoms with van der Waals surface area (Å²) in [5.74, 6) is -0.534. The van der Waals surface area contributed by atoms with Gasteiger partial charge in [0.25, 0.3) is 0 Å². The molecule has 164 valence electrons. The predicted molar refractivity (Wildman–Crippen MR) is 124 cm³/mol. The number of halogens is 1. The zero-order valence-electron chi connectivity index (χ0n) is 18.4. The van der Waals surface area contributed by atoms with Crippen molar-refractivity contribution in [3.63, 3.8) is 0 Å². The number of nitrogens with zero attached hydrogens (tertiary/aromatic N) is 2. The Kier molecular flexibility index (Phi) is 6.42. The van der Waals surface area contributed by atoms with Crippen LogP contribution in [0.1, 0.15) is 49.8 Å². The summed E-state index contributed by atoms with van der Waals surface area (Å²) >= 11 is 0. The van der Waals surface area contributed by atoms with Gasteiger partial charge in [0.05, 0.1) is 5.92 Å². The highest BCUT2D eigenvalue weighted by atomic mass is 19.1. The van der Waals surface area contributed by atoms with Crippen molar-refractivity contribution >= 4 is 16.8 Å². The first-order valence-electron chi connectivity index (χ1n) is 11.3. The molecule has 4 nitrogen and oxygen atoms in total. The van der Waals surface area contributed by atoms with Crippen LogP contribution in [0.3, 0.4) is 0 Å². The SMILES string of the molecule is CC(C)C(C(N)=O)c1ccc2ccn(C3CCN(CCc4ccc(F)cc4)CC3)c2c1. The molecular weight excluding hydrogens is 389 g/mol. The van der Waals surface area contributed by atoms with Crippen molar-refractivity contribution in [2.45, 2.75) is 45.1 Å². The molecule has 0 spiro atoms. The highest BCUT2D eigenvalue weighted by molar-refractivity contribution is 5.86. The fraction of sp³-hybridized carbons (Fsp3) is 0.423. The van der Waals surface area contributed by atoms with Gasteiger partial charge < -0.3 is 15.2 Å². The number of carbonyl (C=O) groups excluding carboxylic acids is 1. The smallest absolute Gasteiger partial charge is 0.225 e. The van der Waals surface area contributed by atoms with Gasteiger partial charge in [-0.3, -0.25) is 4.79 Å². The van der Waals surface area contributed by atoms with Crippen LogP contribution in [0, 0.1) is 11.7 Å². The van der Waals surface area contributed by atoms with Gasteiger partial charge in [-0.15, -0.1) is 0 Å². The van der Waals surface area contributed by atoms with E-state index in [0.29, 0.717) is 6.04 Å². The van der Waals surface area contributed by atoms with Gasteiger partial charge in [0.2, 0.25) is 5.91 Å². The van der Waals surface area contributed by atoms with E-state index in [1.807, 2.05) is 32.0 Å². The molecule has 2 N–H and O–H groups in total. The van der Waals surface area contributed by atoms with Gasteiger partial charge in [-0.05, 0) is 66.0 Å². The molecule has 1 saturated heterocycles. The largest absolute Gasteiger partial charge is 0.369 e. The number of hydrogen-bond donors (Lipinski definition) is 1. The maximum absolute atomic E-state index is 13.1. The van der Waals surface area contributed by atoms with E-state index in [0.717, 1.165) is 44.5 Å². The van der Waals surface area contributed by atoms with Crippen LogP contribution in [-0.4, -0.2) is 35.0 Å². The second-order valence-electron chi connectivity index (χ2n) is 9.11. The maximum atomic E-state index is 13.1. The highest BCUT2D eigenvalue weighted by Gasteiger charge is 2.24. The summed E-state index contributed by atoms with van der Waals surface area (Å²) < 4.78 is 15.5. The molecule has 0 saturated carbocycles. The third-order valence-corrected chi connectivity index (χ3v) is 6.66.